The Morgan fingerprint density at radius 2 is 2.16 bits per heavy atom. The van der Waals surface area contributed by atoms with Crippen LogP contribution in [0.25, 0.3) is 0 Å². The number of hydrogen-bond donors (Lipinski definition) is 1. The standard InChI is InChI=1S/C16H17F3N4O2/c1-9-14(10(2)22-21-9)15(24)23-6-4-12(8-23)25-13-7-11(3-5-20-13)16(17,18)19/h3,5,7,12H,4,6,8H2,1-2H3,(H,21,22)/t12-/m0/s1. The second-order valence-corrected chi connectivity index (χ2v) is 5.97. The monoisotopic (exact) mass is 354 g/mol. The Bertz CT molecular complexity index is 768. The lowest BCUT2D eigenvalue weighted by Gasteiger charge is -2.17. The summed E-state index contributed by atoms with van der Waals surface area (Å²) in [5.74, 6) is -0.253. The van der Waals surface area contributed by atoms with Crippen molar-refractivity contribution in [2.75, 3.05) is 13.1 Å². The molecule has 0 aromatic carbocycles. The molecule has 1 saturated heterocycles. The topological polar surface area (TPSA) is 71.1 Å². The number of nitrogens with one attached hydrogen (secondary N) is 1. The van der Waals surface area contributed by atoms with Gasteiger partial charge in [-0.25, -0.2) is 4.98 Å². The van der Waals surface area contributed by atoms with Crippen LogP contribution in [0.4, 0.5) is 13.2 Å². The number of aryl methyl sites for hydroxylation is 2. The van der Waals surface area contributed by atoms with Crippen molar-refractivity contribution in [2.24, 2.45) is 0 Å². The molecule has 2 aromatic rings. The number of carbonyl (C=O) groups is 1. The molecule has 2 aromatic heterocycles. The predicted molar refractivity (Wildman–Crippen MR) is 82.2 cm³/mol. The minimum atomic E-state index is -4.45. The Morgan fingerprint density at radius 1 is 1.40 bits per heavy atom. The van der Waals surface area contributed by atoms with E-state index in [-0.39, 0.29) is 11.8 Å². The lowest BCUT2D eigenvalue weighted by molar-refractivity contribution is -0.137. The highest BCUT2D eigenvalue weighted by Crippen LogP contribution is 2.31. The van der Waals surface area contributed by atoms with E-state index in [0.29, 0.717) is 36.5 Å². The number of nitrogens with zero attached hydrogens (tertiary/aromatic N) is 3. The number of likely N-dealkylation sites (tertiary alicyclic amines) is 1. The summed E-state index contributed by atoms with van der Waals surface area (Å²) < 4.78 is 43.8. The molecule has 3 heterocycles. The van der Waals surface area contributed by atoms with Crippen molar-refractivity contribution in [1.82, 2.24) is 20.1 Å². The summed E-state index contributed by atoms with van der Waals surface area (Å²) in [4.78, 5) is 18.0. The van der Waals surface area contributed by atoms with E-state index in [1.807, 2.05) is 0 Å². The molecule has 134 valence electrons. The quantitative estimate of drug-likeness (QED) is 0.920. The van der Waals surface area contributed by atoms with Gasteiger partial charge >= 0.3 is 6.18 Å². The predicted octanol–water partition coefficient (Wildman–Crippen LogP) is 2.73. The van der Waals surface area contributed by atoms with Crippen LogP contribution in [0.15, 0.2) is 18.3 Å². The van der Waals surface area contributed by atoms with E-state index >= 15 is 0 Å². The summed E-state index contributed by atoms with van der Waals surface area (Å²) in [6.07, 6.45) is -3.25. The van der Waals surface area contributed by atoms with Gasteiger partial charge in [-0.3, -0.25) is 9.89 Å². The van der Waals surface area contributed by atoms with Gasteiger partial charge in [0.15, 0.2) is 0 Å². The molecule has 1 amide bonds. The summed E-state index contributed by atoms with van der Waals surface area (Å²) in [7, 11) is 0. The van der Waals surface area contributed by atoms with Crippen molar-refractivity contribution < 1.29 is 22.7 Å². The molecular formula is C16H17F3N4O2. The third-order valence-electron chi connectivity index (χ3n) is 4.12. The molecule has 1 aliphatic rings. The summed E-state index contributed by atoms with van der Waals surface area (Å²) in [5, 5.41) is 6.78. The van der Waals surface area contributed by atoms with E-state index in [1.54, 1.807) is 18.7 Å². The van der Waals surface area contributed by atoms with Crippen molar-refractivity contribution in [3.63, 3.8) is 0 Å². The zero-order valence-electron chi connectivity index (χ0n) is 13.7. The average molecular weight is 354 g/mol. The van der Waals surface area contributed by atoms with E-state index in [4.69, 9.17) is 4.74 Å². The number of aromatic amines is 1. The van der Waals surface area contributed by atoms with Crippen LogP contribution in [0.2, 0.25) is 0 Å². The number of aromatic nitrogens is 3. The van der Waals surface area contributed by atoms with Gasteiger partial charge in [0.1, 0.15) is 6.10 Å². The Kier molecular flexibility index (Phi) is 4.40. The number of hydrogen-bond acceptors (Lipinski definition) is 4. The van der Waals surface area contributed by atoms with Crippen LogP contribution in [-0.2, 0) is 6.18 Å². The number of ether oxygens (including phenoxy) is 1. The van der Waals surface area contributed by atoms with Gasteiger partial charge in [0.2, 0.25) is 5.88 Å². The number of halogens is 3. The summed E-state index contributed by atoms with van der Waals surface area (Å²) in [5.41, 5.74) is 1.02. The van der Waals surface area contributed by atoms with Gasteiger partial charge in [0.25, 0.3) is 5.91 Å². The van der Waals surface area contributed by atoms with Crippen molar-refractivity contribution >= 4 is 5.91 Å². The van der Waals surface area contributed by atoms with E-state index in [9.17, 15) is 18.0 Å². The van der Waals surface area contributed by atoms with Crippen molar-refractivity contribution in [3.05, 3.63) is 40.8 Å². The van der Waals surface area contributed by atoms with Crippen LogP contribution in [0.5, 0.6) is 5.88 Å². The number of alkyl halides is 3. The average Bonchev–Trinajstić information content (AvgIpc) is 3.13. The highest BCUT2D eigenvalue weighted by Gasteiger charge is 2.33. The van der Waals surface area contributed by atoms with Gasteiger partial charge in [0, 0.05) is 30.9 Å². The molecule has 0 saturated carbocycles. The van der Waals surface area contributed by atoms with Crippen LogP contribution in [0.1, 0.15) is 33.7 Å². The Hall–Kier alpha value is -2.58. The molecular weight excluding hydrogens is 337 g/mol. The Balaban J connectivity index is 1.67. The van der Waals surface area contributed by atoms with Gasteiger partial charge in [-0.2, -0.15) is 18.3 Å². The van der Waals surface area contributed by atoms with Gasteiger partial charge in [-0.15, -0.1) is 0 Å². The molecule has 0 spiro atoms. The van der Waals surface area contributed by atoms with Gasteiger partial charge < -0.3 is 9.64 Å². The second kappa shape index (κ2) is 6.38. The first kappa shape index (κ1) is 17.2. The van der Waals surface area contributed by atoms with Crippen molar-refractivity contribution in [3.8, 4) is 5.88 Å². The smallest absolute Gasteiger partial charge is 0.416 e. The second-order valence-electron chi connectivity index (χ2n) is 5.97. The zero-order chi connectivity index (χ0) is 18.2. The molecule has 6 nitrogen and oxygen atoms in total. The minimum Gasteiger partial charge on any atom is -0.472 e. The molecule has 1 atom stereocenters. The molecule has 0 aliphatic carbocycles. The van der Waals surface area contributed by atoms with E-state index < -0.39 is 17.8 Å². The largest absolute Gasteiger partial charge is 0.472 e. The SMILES string of the molecule is Cc1n[nH]c(C)c1C(=O)N1CC[C@H](Oc2cc(C(F)(F)F)ccn2)C1. The van der Waals surface area contributed by atoms with Crippen LogP contribution in [0, 0.1) is 13.8 Å². The van der Waals surface area contributed by atoms with E-state index in [1.165, 1.54) is 0 Å². The highest BCUT2D eigenvalue weighted by atomic mass is 19.4. The van der Waals surface area contributed by atoms with Gasteiger partial charge in [0.05, 0.1) is 23.4 Å². The molecule has 25 heavy (non-hydrogen) atoms. The molecule has 3 rings (SSSR count). The zero-order valence-corrected chi connectivity index (χ0v) is 13.7. The maximum absolute atomic E-state index is 12.7. The van der Waals surface area contributed by atoms with Gasteiger partial charge in [-0.1, -0.05) is 0 Å². The van der Waals surface area contributed by atoms with Crippen LogP contribution >= 0.6 is 0 Å². The first-order valence-corrected chi connectivity index (χ1v) is 7.76. The third-order valence-corrected chi connectivity index (χ3v) is 4.12. The number of amides is 1. The Labute approximate surface area is 142 Å². The fraction of sp³-hybridized carbons (Fsp3) is 0.438. The van der Waals surface area contributed by atoms with E-state index in [0.717, 1.165) is 18.3 Å². The summed E-state index contributed by atoms with van der Waals surface area (Å²) >= 11 is 0. The first-order chi connectivity index (χ1) is 11.8. The maximum atomic E-state index is 12.7. The number of H-pyrrole nitrogens is 1. The number of carbonyl (C=O) groups excluding carboxylic acids is 1. The summed E-state index contributed by atoms with van der Waals surface area (Å²) in [6, 6.07) is 1.76. The number of rotatable bonds is 3. The number of pyridine rings is 1. The lowest BCUT2D eigenvalue weighted by Crippen LogP contribution is -2.31. The molecule has 0 unspecified atom stereocenters. The Morgan fingerprint density at radius 3 is 2.80 bits per heavy atom. The van der Waals surface area contributed by atoms with Crippen LogP contribution in [0.3, 0.4) is 0 Å². The molecule has 1 N–H and O–H groups in total. The molecule has 0 bridgehead atoms. The molecule has 1 aliphatic heterocycles. The van der Waals surface area contributed by atoms with Crippen molar-refractivity contribution in [2.45, 2.75) is 32.5 Å². The molecule has 9 heteroatoms. The summed E-state index contributed by atoms with van der Waals surface area (Å²) in [6.45, 7) is 4.27. The lowest BCUT2D eigenvalue weighted by atomic mass is 10.2. The minimum absolute atomic E-state index is 0.0928. The fourth-order valence-electron chi connectivity index (χ4n) is 2.85. The maximum Gasteiger partial charge on any atom is 0.416 e. The van der Waals surface area contributed by atoms with E-state index in [2.05, 4.69) is 15.2 Å². The molecule has 1 fully saturated rings. The highest BCUT2D eigenvalue weighted by molar-refractivity contribution is 5.96. The van der Waals surface area contributed by atoms with Crippen LogP contribution in [-0.4, -0.2) is 45.2 Å². The normalized spacial score (nSPS) is 17.8. The first-order valence-electron chi connectivity index (χ1n) is 7.76. The van der Waals surface area contributed by atoms with Crippen molar-refractivity contribution in [1.29, 1.82) is 0 Å². The fourth-order valence-corrected chi connectivity index (χ4v) is 2.85. The molecule has 0 radical (unpaired) electrons. The van der Waals surface area contributed by atoms with Gasteiger partial charge in [-0.05, 0) is 19.9 Å². The third kappa shape index (κ3) is 3.59. The van der Waals surface area contributed by atoms with Crippen LogP contribution < -0.4 is 4.74 Å².